The Labute approximate surface area is 122 Å². The first-order valence-corrected chi connectivity index (χ1v) is 7.67. The van der Waals surface area contributed by atoms with Gasteiger partial charge in [-0.05, 0) is 50.4 Å². The molecule has 114 valence electrons. The number of ether oxygens (including phenoxy) is 1. The molecule has 0 heterocycles. The minimum Gasteiger partial charge on any atom is -0.373 e. The predicted octanol–water partition coefficient (Wildman–Crippen LogP) is 4.38. The molecule has 0 saturated heterocycles. The van der Waals surface area contributed by atoms with Crippen molar-refractivity contribution >= 4 is 0 Å². The molecule has 1 aromatic carbocycles. The number of hydrogen-bond donors (Lipinski definition) is 1. The summed E-state index contributed by atoms with van der Waals surface area (Å²) in [6.07, 6.45) is 1.79. The highest BCUT2D eigenvalue weighted by Gasteiger charge is 2.37. The highest BCUT2D eigenvalue weighted by atomic mass is 19.1. The lowest BCUT2D eigenvalue weighted by Gasteiger charge is -2.40. The van der Waals surface area contributed by atoms with Crippen LogP contribution in [0.15, 0.2) is 18.2 Å². The summed E-state index contributed by atoms with van der Waals surface area (Å²) in [5.74, 6) is -0.150. The maximum Gasteiger partial charge on any atom is 0.126 e. The van der Waals surface area contributed by atoms with Gasteiger partial charge in [0.15, 0.2) is 0 Å². The molecule has 0 aliphatic rings. The Morgan fingerprint density at radius 3 is 2.30 bits per heavy atom. The van der Waals surface area contributed by atoms with E-state index in [1.165, 1.54) is 0 Å². The van der Waals surface area contributed by atoms with Gasteiger partial charge in [0, 0.05) is 6.61 Å². The molecule has 0 fully saturated rings. The topological polar surface area (TPSA) is 21.3 Å². The summed E-state index contributed by atoms with van der Waals surface area (Å²) in [4.78, 5) is 0. The van der Waals surface area contributed by atoms with Crippen molar-refractivity contribution in [1.82, 2.24) is 5.32 Å². The van der Waals surface area contributed by atoms with E-state index in [0.717, 1.165) is 24.9 Å². The summed E-state index contributed by atoms with van der Waals surface area (Å²) in [7, 11) is 0. The summed E-state index contributed by atoms with van der Waals surface area (Å²) in [5.41, 5.74) is 1.36. The van der Waals surface area contributed by atoms with Gasteiger partial charge in [-0.3, -0.25) is 0 Å². The van der Waals surface area contributed by atoms with Crippen LogP contribution in [0.25, 0.3) is 0 Å². The molecule has 0 aliphatic carbocycles. The van der Waals surface area contributed by atoms with Crippen molar-refractivity contribution in [3.8, 4) is 0 Å². The van der Waals surface area contributed by atoms with E-state index in [0.29, 0.717) is 12.2 Å². The van der Waals surface area contributed by atoms with Gasteiger partial charge >= 0.3 is 0 Å². The molecule has 1 N–H and O–H groups in total. The van der Waals surface area contributed by atoms with Crippen molar-refractivity contribution in [2.75, 3.05) is 13.2 Å². The molecule has 1 unspecified atom stereocenters. The number of nitrogens with one attached hydrogen (secondary N) is 1. The second kappa shape index (κ2) is 7.75. The van der Waals surface area contributed by atoms with Crippen LogP contribution >= 0.6 is 0 Å². The molecule has 1 aromatic rings. The molecule has 1 atom stereocenters. The number of hydrogen-bond acceptors (Lipinski definition) is 2. The Hall–Kier alpha value is -0.930. The fourth-order valence-electron chi connectivity index (χ4n) is 2.83. The van der Waals surface area contributed by atoms with Crippen LogP contribution in [-0.4, -0.2) is 18.8 Å². The predicted molar refractivity (Wildman–Crippen MR) is 82.5 cm³/mol. The molecule has 2 nitrogen and oxygen atoms in total. The third kappa shape index (κ3) is 3.58. The average molecular weight is 281 g/mol. The Morgan fingerprint density at radius 2 is 1.85 bits per heavy atom. The van der Waals surface area contributed by atoms with Gasteiger partial charge in [-0.2, -0.15) is 0 Å². The molecule has 0 aromatic heterocycles. The maximum absolute atomic E-state index is 13.9. The van der Waals surface area contributed by atoms with Gasteiger partial charge in [-0.1, -0.05) is 32.9 Å². The van der Waals surface area contributed by atoms with Crippen molar-refractivity contribution in [3.05, 3.63) is 35.1 Å². The van der Waals surface area contributed by atoms with Gasteiger partial charge in [-0.25, -0.2) is 4.39 Å². The van der Waals surface area contributed by atoms with Crippen LogP contribution in [-0.2, 0) is 4.74 Å². The van der Waals surface area contributed by atoms with Crippen LogP contribution in [0.4, 0.5) is 4.39 Å². The zero-order valence-electron chi connectivity index (χ0n) is 13.4. The van der Waals surface area contributed by atoms with E-state index in [4.69, 9.17) is 4.74 Å². The van der Waals surface area contributed by atoms with Gasteiger partial charge in [-0.15, -0.1) is 0 Å². The molecular weight excluding hydrogens is 253 g/mol. The van der Waals surface area contributed by atoms with Crippen molar-refractivity contribution < 1.29 is 9.13 Å². The Bertz CT molecular complexity index is 415. The maximum atomic E-state index is 13.9. The smallest absolute Gasteiger partial charge is 0.126 e. The molecule has 0 bridgehead atoms. The van der Waals surface area contributed by atoms with E-state index in [2.05, 4.69) is 26.1 Å². The van der Waals surface area contributed by atoms with E-state index < -0.39 is 0 Å². The van der Waals surface area contributed by atoms with Crippen molar-refractivity contribution in [2.45, 2.75) is 59.1 Å². The van der Waals surface area contributed by atoms with E-state index in [9.17, 15) is 4.39 Å². The first-order valence-electron chi connectivity index (χ1n) is 7.67. The zero-order chi connectivity index (χ0) is 15.2. The summed E-state index contributed by atoms with van der Waals surface area (Å²) in [5, 5.41) is 3.48. The molecule has 3 heteroatoms. The van der Waals surface area contributed by atoms with E-state index in [1.807, 2.05) is 19.1 Å². The van der Waals surface area contributed by atoms with E-state index in [-0.39, 0.29) is 17.5 Å². The standard InChI is InChI=1S/C17H28FNO/c1-6-17(7-2,20-9-4)16(19-8-3)14-11-10-13(5)15(18)12-14/h10-12,16,19H,6-9H2,1-5H3. The molecule has 0 radical (unpaired) electrons. The second-order valence-electron chi connectivity index (χ2n) is 5.20. The lowest BCUT2D eigenvalue weighted by molar-refractivity contribution is -0.0730. The van der Waals surface area contributed by atoms with Gasteiger partial charge < -0.3 is 10.1 Å². The van der Waals surface area contributed by atoms with Crippen molar-refractivity contribution in [2.24, 2.45) is 0 Å². The Kier molecular flexibility index (Phi) is 6.63. The van der Waals surface area contributed by atoms with Crippen molar-refractivity contribution in [1.29, 1.82) is 0 Å². The molecule has 0 saturated carbocycles. The quantitative estimate of drug-likeness (QED) is 0.763. The monoisotopic (exact) mass is 281 g/mol. The molecule has 20 heavy (non-hydrogen) atoms. The lowest BCUT2D eigenvalue weighted by Crippen LogP contribution is -2.45. The van der Waals surface area contributed by atoms with Gasteiger partial charge in [0.05, 0.1) is 11.6 Å². The summed E-state index contributed by atoms with van der Waals surface area (Å²) < 4.78 is 20.0. The van der Waals surface area contributed by atoms with E-state index >= 15 is 0 Å². The average Bonchev–Trinajstić information content (AvgIpc) is 2.46. The number of likely N-dealkylation sites (N-methyl/N-ethyl adjacent to an activating group) is 1. The van der Waals surface area contributed by atoms with Crippen LogP contribution in [0.1, 0.15) is 57.7 Å². The third-order valence-electron chi connectivity index (χ3n) is 4.09. The number of rotatable bonds is 8. The minimum absolute atomic E-state index is 0.0116. The summed E-state index contributed by atoms with van der Waals surface area (Å²) in [6, 6.07) is 5.50. The SMILES string of the molecule is CCNC(c1ccc(C)c(F)c1)C(CC)(CC)OCC. The van der Waals surface area contributed by atoms with Gasteiger partial charge in [0.2, 0.25) is 0 Å². The Morgan fingerprint density at radius 1 is 1.20 bits per heavy atom. The Balaban J connectivity index is 3.22. The normalized spacial score (nSPS) is 13.5. The first-order chi connectivity index (χ1) is 9.54. The molecule has 0 spiro atoms. The molecule has 1 rings (SSSR count). The fourth-order valence-corrected chi connectivity index (χ4v) is 2.83. The molecular formula is C17H28FNO. The highest BCUT2D eigenvalue weighted by molar-refractivity contribution is 5.28. The van der Waals surface area contributed by atoms with Gasteiger partial charge in [0.1, 0.15) is 5.82 Å². The van der Waals surface area contributed by atoms with Crippen LogP contribution in [0.3, 0.4) is 0 Å². The van der Waals surface area contributed by atoms with Crippen LogP contribution in [0.5, 0.6) is 0 Å². The minimum atomic E-state index is -0.285. The largest absolute Gasteiger partial charge is 0.373 e. The summed E-state index contributed by atoms with van der Waals surface area (Å²) in [6.45, 7) is 11.6. The van der Waals surface area contributed by atoms with Crippen LogP contribution in [0.2, 0.25) is 0 Å². The number of benzene rings is 1. The molecule has 0 amide bonds. The van der Waals surface area contributed by atoms with Crippen LogP contribution in [0, 0.1) is 12.7 Å². The fraction of sp³-hybridized carbons (Fsp3) is 0.647. The first kappa shape index (κ1) is 17.1. The van der Waals surface area contributed by atoms with Gasteiger partial charge in [0.25, 0.3) is 0 Å². The highest BCUT2D eigenvalue weighted by Crippen LogP contribution is 2.36. The zero-order valence-corrected chi connectivity index (χ0v) is 13.4. The summed E-state index contributed by atoms with van der Waals surface area (Å²) >= 11 is 0. The van der Waals surface area contributed by atoms with E-state index in [1.54, 1.807) is 13.0 Å². The number of aryl methyl sites for hydroxylation is 1. The lowest BCUT2D eigenvalue weighted by atomic mass is 9.83. The number of halogens is 1. The van der Waals surface area contributed by atoms with Crippen LogP contribution < -0.4 is 5.32 Å². The third-order valence-corrected chi connectivity index (χ3v) is 4.09. The van der Waals surface area contributed by atoms with Crippen molar-refractivity contribution in [3.63, 3.8) is 0 Å². The molecule has 0 aliphatic heterocycles. The second-order valence-corrected chi connectivity index (χ2v) is 5.20.